The van der Waals surface area contributed by atoms with Gasteiger partial charge in [-0.2, -0.15) is 4.31 Å². The molecule has 1 fully saturated rings. The van der Waals surface area contributed by atoms with Crippen molar-refractivity contribution >= 4 is 27.3 Å². The van der Waals surface area contributed by atoms with Crippen LogP contribution in [0.25, 0.3) is 0 Å². The molecule has 9 heteroatoms. The first kappa shape index (κ1) is 21.8. The van der Waals surface area contributed by atoms with Crippen LogP contribution in [0.5, 0.6) is 0 Å². The molecule has 0 unspecified atom stereocenters. The van der Waals surface area contributed by atoms with Crippen LogP contribution in [0.15, 0.2) is 45.6 Å². The number of sulfonamides is 1. The molecule has 1 aromatic heterocycles. The summed E-state index contributed by atoms with van der Waals surface area (Å²) in [7, 11) is 0.208. The smallest absolute Gasteiger partial charge is 0.243 e. The Morgan fingerprint density at radius 2 is 1.79 bits per heavy atom. The molecular formula is C20H29N5O2S2. The lowest BCUT2D eigenvalue weighted by Gasteiger charge is -2.32. The third-order valence-corrected chi connectivity index (χ3v) is 8.13. The lowest BCUT2D eigenvalue weighted by atomic mass is 10.2. The molecule has 0 aliphatic carbocycles. The lowest BCUT2D eigenvalue weighted by Crippen LogP contribution is -2.47. The standard InChI is InChI=1S/C20H29N5O2S2/c1-16-8-13-28-18(16)15-23-20(21-2)22-14-17-6-4-5-7-19(17)29(26,27)25-11-9-24(3)10-12-25/h4-8,13H,9-12,14-15H2,1-3H3,(H2,21,22,23). The number of hydrogen-bond acceptors (Lipinski definition) is 5. The van der Waals surface area contributed by atoms with Gasteiger partial charge in [0, 0.05) is 44.6 Å². The largest absolute Gasteiger partial charge is 0.352 e. The van der Waals surface area contributed by atoms with Crippen LogP contribution in [0.3, 0.4) is 0 Å². The fraction of sp³-hybridized carbons (Fsp3) is 0.450. The first-order valence-electron chi connectivity index (χ1n) is 9.66. The van der Waals surface area contributed by atoms with E-state index in [-0.39, 0.29) is 0 Å². The van der Waals surface area contributed by atoms with E-state index >= 15 is 0 Å². The second-order valence-electron chi connectivity index (χ2n) is 7.12. The number of nitrogens with one attached hydrogen (secondary N) is 2. The van der Waals surface area contributed by atoms with Gasteiger partial charge in [-0.05, 0) is 42.6 Å². The van der Waals surface area contributed by atoms with Gasteiger partial charge in [0.05, 0.1) is 11.4 Å². The SMILES string of the molecule is CN=C(NCc1ccccc1S(=O)(=O)N1CCN(C)CC1)NCc1sccc1C. The first-order valence-corrected chi connectivity index (χ1v) is 12.0. The third kappa shape index (κ3) is 5.36. The number of guanidine groups is 1. The number of piperazine rings is 1. The second kappa shape index (κ2) is 9.71. The summed E-state index contributed by atoms with van der Waals surface area (Å²) < 4.78 is 27.9. The normalized spacial score (nSPS) is 16.7. The average molecular weight is 436 g/mol. The van der Waals surface area contributed by atoms with E-state index in [1.807, 2.05) is 19.2 Å². The molecule has 2 aromatic rings. The highest BCUT2D eigenvalue weighted by atomic mass is 32.2. The molecule has 1 saturated heterocycles. The zero-order chi connectivity index (χ0) is 20.9. The minimum absolute atomic E-state index is 0.363. The van der Waals surface area contributed by atoms with Gasteiger partial charge in [0.15, 0.2) is 5.96 Å². The maximum absolute atomic E-state index is 13.2. The van der Waals surface area contributed by atoms with Crippen molar-refractivity contribution in [3.63, 3.8) is 0 Å². The molecule has 7 nitrogen and oxygen atoms in total. The summed E-state index contributed by atoms with van der Waals surface area (Å²) in [5.74, 6) is 0.643. The monoisotopic (exact) mass is 435 g/mol. The fourth-order valence-electron chi connectivity index (χ4n) is 3.22. The zero-order valence-electron chi connectivity index (χ0n) is 17.2. The summed E-state index contributed by atoms with van der Waals surface area (Å²) >= 11 is 1.70. The number of nitrogens with zero attached hydrogens (tertiary/aromatic N) is 3. The topological polar surface area (TPSA) is 77.0 Å². The Hall–Kier alpha value is -1.94. The van der Waals surface area contributed by atoms with Gasteiger partial charge in [-0.1, -0.05) is 18.2 Å². The highest BCUT2D eigenvalue weighted by Gasteiger charge is 2.29. The summed E-state index contributed by atoms with van der Waals surface area (Å²) in [5.41, 5.74) is 1.99. The Labute approximate surface area is 177 Å². The molecule has 3 rings (SSSR count). The van der Waals surface area contributed by atoms with Crippen LogP contribution in [0.2, 0.25) is 0 Å². The van der Waals surface area contributed by atoms with Gasteiger partial charge >= 0.3 is 0 Å². The van der Waals surface area contributed by atoms with Gasteiger partial charge in [0.2, 0.25) is 10.0 Å². The average Bonchev–Trinajstić information content (AvgIpc) is 3.13. The summed E-state index contributed by atoms with van der Waals surface area (Å²) in [6.07, 6.45) is 0. The van der Waals surface area contributed by atoms with Crippen molar-refractivity contribution in [1.82, 2.24) is 19.8 Å². The predicted octanol–water partition coefficient (Wildman–Crippen LogP) is 1.86. The minimum Gasteiger partial charge on any atom is -0.352 e. The molecule has 0 atom stereocenters. The van der Waals surface area contributed by atoms with Gasteiger partial charge in [-0.3, -0.25) is 4.99 Å². The van der Waals surface area contributed by atoms with Crippen LogP contribution in [-0.4, -0.2) is 63.9 Å². The van der Waals surface area contributed by atoms with Gasteiger partial charge in [0.25, 0.3) is 0 Å². The molecule has 1 aliphatic heterocycles. The number of likely N-dealkylation sites (N-methyl/N-ethyl adjacent to an activating group) is 1. The number of thiophene rings is 1. The minimum atomic E-state index is -3.52. The van der Waals surface area contributed by atoms with E-state index in [0.29, 0.717) is 37.0 Å². The van der Waals surface area contributed by atoms with E-state index in [0.717, 1.165) is 18.7 Å². The molecule has 1 aliphatic rings. The van der Waals surface area contributed by atoms with Crippen LogP contribution in [0.4, 0.5) is 0 Å². The Morgan fingerprint density at radius 3 is 2.45 bits per heavy atom. The van der Waals surface area contributed by atoms with Crippen LogP contribution >= 0.6 is 11.3 Å². The van der Waals surface area contributed by atoms with Crippen LogP contribution < -0.4 is 10.6 Å². The van der Waals surface area contributed by atoms with Crippen LogP contribution in [-0.2, 0) is 23.1 Å². The molecular weight excluding hydrogens is 406 g/mol. The summed E-state index contributed by atoms with van der Waals surface area (Å²) in [6, 6.07) is 9.28. The van der Waals surface area contributed by atoms with Gasteiger partial charge in [-0.25, -0.2) is 8.42 Å². The summed E-state index contributed by atoms with van der Waals surface area (Å²) in [4.78, 5) is 8.02. The van der Waals surface area contributed by atoms with Crippen molar-refractivity contribution in [3.05, 3.63) is 51.7 Å². The highest BCUT2D eigenvalue weighted by molar-refractivity contribution is 7.89. The molecule has 1 aromatic carbocycles. The molecule has 0 bridgehead atoms. The quantitative estimate of drug-likeness (QED) is 0.535. The van der Waals surface area contributed by atoms with Crippen molar-refractivity contribution in [2.24, 2.45) is 4.99 Å². The number of rotatable bonds is 6. The lowest BCUT2D eigenvalue weighted by molar-refractivity contribution is 0.222. The van der Waals surface area contributed by atoms with E-state index in [9.17, 15) is 8.42 Å². The number of hydrogen-bond donors (Lipinski definition) is 2. The molecule has 0 spiro atoms. The van der Waals surface area contributed by atoms with Crippen molar-refractivity contribution in [1.29, 1.82) is 0 Å². The zero-order valence-corrected chi connectivity index (χ0v) is 18.8. The van der Waals surface area contributed by atoms with Crippen molar-refractivity contribution in [2.45, 2.75) is 24.9 Å². The molecule has 2 heterocycles. The van der Waals surface area contributed by atoms with Crippen LogP contribution in [0.1, 0.15) is 16.0 Å². The Kier molecular flexibility index (Phi) is 7.28. The number of aliphatic imine (C=N–C) groups is 1. The molecule has 0 saturated carbocycles. The molecule has 158 valence electrons. The molecule has 29 heavy (non-hydrogen) atoms. The highest BCUT2D eigenvalue weighted by Crippen LogP contribution is 2.21. The molecule has 0 amide bonds. The van der Waals surface area contributed by atoms with E-state index < -0.39 is 10.0 Å². The Balaban J connectivity index is 1.67. The van der Waals surface area contributed by atoms with Crippen molar-refractivity contribution < 1.29 is 8.42 Å². The number of aryl methyl sites for hydroxylation is 1. The van der Waals surface area contributed by atoms with Gasteiger partial charge in [0.1, 0.15) is 0 Å². The van der Waals surface area contributed by atoms with E-state index in [1.54, 1.807) is 34.8 Å². The predicted molar refractivity (Wildman–Crippen MR) is 119 cm³/mol. The fourth-order valence-corrected chi connectivity index (χ4v) is 5.71. The van der Waals surface area contributed by atoms with Crippen molar-refractivity contribution in [2.75, 3.05) is 40.3 Å². The van der Waals surface area contributed by atoms with Crippen LogP contribution in [0, 0.1) is 6.92 Å². The second-order valence-corrected chi connectivity index (χ2v) is 10.0. The Morgan fingerprint density at radius 1 is 1.10 bits per heavy atom. The summed E-state index contributed by atoms with van der Waals surface area (Å²) in [5, 5.41) is 8.61. The Bertz CT molecular complexity index is 947. The summed E-state index contributed by atoms with van der Waals surface area (Å²) in [6.45, 7) is 5.68. The van der Waals surface area contributed by atoms with E-state index in [1.165, 1.54) is 10.4 Å². The molecule has 0 radical (unpaired) electrons. The maximum atomic E-state index is 13.2. The number of benzene rings is 1. The van der Waals surface area contributed by atoms with Gasteiger partial charge in [-0.15, -0.1) is 11.3 Å². The van der Waals surface area contributed by atoms with Crippen molar-refractivity contribution in [3.8, 4) is 0 Å². The first-order chi connectivity index (χ1) is 13.9. The van der Waals surface area contributed by atoms with Gasteiger partial charge < -0.3 is 15.5 Å². The van der Waals surface area contributed by atoms with E-state index in [4.69, 9.17) is 0 Å². The maximum Gasteiger partial charge on any atom is 0.243 e. The third-order valence-electron chi connectivity index (χ3n) is 5.11. The molecule has 2 N–H and O–H groups in total. The van der Waals surface area contributed by atoms with E-state index in [2.05, 4.69) is 38.9 Å².